The number of aryl methyl sites for hydroxylation is 2. The van der Waals surface area contributed by atoms with Crippen LogP contribution >= 0.6 is 0 Å². The molecule has 5 rings (SSSR count). The Morgan fingerprint density at radius 2 is 1.94 bits per heavy atom. The third-order valence-corrected chi connectivity index (χ3v) is 6.33. The molecule has 1 amide bonds. The number of carbonyl (C=O) groups is 2. The lowest BCUT2D eigenvalue weighted by Gasteiger charge is -2.21. The highest BCUT2D eigenvalue weighted by Crippen LogP contribution is 2.37. The minimum absolute atomic E-state index is 0.320. The number of aromatic nitrogens is 1. The van der Waals surface area contributed by atoms with Gasteiger partial charge in [0.2, 0.25) is 5.89 Å². The smallest absolute Gasteiger partial charge is 0.345 e. The molecule has 0 spiro atoms. The van der Waals surface area contributed by atoms with Crippen molar-refractivity contribution in [1.29, 1.82) is 0 Å². The molecule has 1 fully saturated rings. The molecule has 2 heterocycles. The zero-order chi connectivity index (χ0) is 23.7. The van der Waals surface area contributed by atoms with Gasteiger partial charge in [-0.2, -0.15) is 5.48 Å². The Bertz CT molecular complexity index is 1260. The molecule has 2 aromatic carbocycles. The maximum absolute atomic E-state index is 11.9. The van der Waals surface area contributed by atoms with E-state index in [0.29, 0.717) is 25.3 Å². The van der Waals surface area contributed by atoms with E-state index in [1.54, 1.807) is 0 Å². The summed E-state index contributed by atoms with van der Waals surface area (Å²) in [6.07, 6.45) is 4.71. The number of hydroxylamine groups is 1. The van der Waals surface area contributed by atoms with Crippen LogP contribution < -0.4 is 10.2 Å². The molecule has 2 aliphatic rings. The number of nitrogens with one attached hydrogen (secondary N) is 1. The number of oxazole rings is 1. The van der Waals surface area contributed by atoms with Crippen LogP contribution in [0.4, 0.5) is 0 Å². The Labute approximate surface area is 197 Å². The molecule has 7 nitrogen and oxygen atoms in total. The van der Waals surface area contributed by atoms with E-state index in [1.807, 2.05) is 56.3 Å². The molecule has 1 saturated heterocycles. The Kier molecular flexibility index (Phi) is 5.92. The molecule has 0 bridgehead atoms. The summed E-state index contributed by atoms with van der Waals surface area (Å²) in [5.74, 6) is 0.507. The topological polar surface area (TPSA) is 90.7 Å². The summed E-state index contributed by atoms with van der Waals surface area (Å²) in [4.78, 5) is 33.1. The van der Waals surface area contributed by atoms with Crippen LogP contribution in [-0.2, 0) is 27.3 Å². The quantitative estimate of drug-likeness (QED) is 0.524. The number of carbonyl (C=O) groups excluding carboxylic acids is 2. The Balaban J connectivity index is 1.27. The fourth-order valence-corrected chi connectivity index (χ4v) is 4.44. The van der Waals surface area contributed by atoms with Gasteiger partial charge in [-0.05, 0) is 62.4 Å². The standard InChI is InChI=1S/C27H26N2O5/c1-16-9-11-18(12-10-16)26-28-23(17(2)33-26)13-14-32-24-8-4-6-20-19(5-3-7-21(20)24)15-22-25(30)29-34-27(22)31/h4-6,8-12,22H,3,7,13-15H2,1-2H3,(H,29,30). The number of allylic oxidation sites excluding steroid dienone is 2. The maximum atomic E-state index is 11.9. The van der Waals surface area contributed by atoms with Crippen LogP contribution in [0.1, 0.15) is 41.0 Å². The molecule has 1 N–H and O–H groups in total. The second-order valence-corrected chi connectivity index (χ2v) is 8.68. The van der Waals surface area contributed by atoms with Crippen molar-refractivity contribution in [2.75, 3.05) is 6.61 Å². The predicted molar refractivity (Wildman–Crippen MR) is 126 cm³/mol. The second-order valence-electron chi connectivity index (χ2n) is 8.68. The van der Waals surface area contributed by atoms with Crippen LogP contribution in [0.15, 0.2) is 53.0 Å². The zero-order valence-electron chi connectivity index (χ0n) is 19.2. The van der Waals surface area contributed by atoms with Crippen LogP contribution in [0, 0.1) is 19.8 Å². The summed E-state index contributed by atoms with van der Waals surface area (Å²) in [5.41, 5.74) is 8.28. The molecule has 1 aliphatic heterocycles. The van der Waals surface area contributed by atoms with Gasteiger partial charge in [-0.25, -0.2) is 9.78 Å². The average Bonchev–Trinajstić information content (AvgIpc) is 3.36. The van der Waals surface area contributed by atoms with Gasteiger partial charge < -0.3 is 14.0 Å². The zero-order valence-corrected chi connectivity index (χ0v) is 19.2. The monoisotopic (exact) mass is 458 g/mol. The number of fused-ring (bicyclic) bond motifs is 1. The molecule has 0 radical (unpaired) electrons. The minimum Gasteiger partial charge on any atom is -0.493 e. The van der Waals surface area contributed by atoms with Crippen molar-refractivity contribution in [2.24, 2.45) is 5.92 Å². The predicted octanol–water partition coefficient (Wildman–Crippen LogP) is 4.50. The first-order valence-electron chi connectivity index (χ1n) is 11.5. The van der Waals surface area contributed by atoms with Crippen LogP contribution in [0.5, 0.6) is 5.75 Å². The van der Waals surface area contributed by atoms with Gasteiger partial charge in [0.1, 0.15) is 17.4 Å². The first kappa shape index (κ1) is 21.9. The Morgan fingerprint density at radius 3 is 2.71 bits per heavy atom. The van der Waals surface area contributed by atoms with Crippen molar-refractivity contribution >= 4 is 17.4 Å². The van der Waals surface area contributed by atoms with E-state index >= 15 is 0 Å². The third kappa shape index (κ3) is 4.33. The molecule has 1 unspecified atom stereocenters. The summed E-state index contributed by atoms with van der Waals surface area (Å²) in [5, 5.41) is 0. The average molecular weight is 459 g/mol. The van der Waals surface area contributed by atoms with E-state index in [-0.39, 0.29) is 0 Å². The Morgan fingerprint density at radius 1 is 1.12 bits per heavy atom. The van der Waals surface area contributed by atoms with Gasteiger partial charge in [-0.1, -0.05) is 35.9 Å². The van der Waals surface area contributed by atoms with E-state index in [9.17, 15) is 9.59 Å². The molecule has 1 atom stereocenters. The first-order chi connectivity index (χ1) is 16.5. The summed E-state index contributed by atoms with van der Waals surface area (Å²) < 4.78 is 12.1. The fourth-order valence-electron chi connectivity index (χ4n) is 4.44. The highest BCUT2D eigenvalue weighted by Gasteiger charge is 2.37. The fraction of sp³-hybridized carbons (Fsp3) is 0.296. The lowest BCUT2D eigenvalue weighted by molar-refractivity contribution is -0.146. The molecule has 3 aromatic rings. The van der Waals surface area contributed by atoms with E-state index in [2.05, 4.69) is 21.4 Å². The summed E-state index contributed by atoms with van der Waals surface area (Å²) in [6.45, 7) is 4.44. The highest BCUT2D eigenvalue weighted by molar-refractivity contribution is 6.03. The minimum atomic E-state index is -0.806. The number of amides is 1. The van der Waals surface area contributed by atoms with Crippen molar-refractivity contribution in [3.63, 3.8) is 0 Å². The summed E-state index contributed by atoms with van der Waals surface area (Å²) in [7, 11) is 0. The molecule has 1 aromatic heterocycles. The molecule has 34 heavy (non-hydrogen) atoms. The van der Waals surface area contributed by atoms with E-state index in [0.717, 1.165) is 52.3 Å². The van der Waals surface area contributed by atoms with Crippen molar-refractivity contribution in [2.45, 2.75) is 39.5 Å². The van der Waals surface area contributed by atoms with E-state index in [1.165, 1.54) is 5.56 Å². The van der Waals surface area contributed by atoms with Gasteiger partial charge in [0, 0.05) is 17.5 Å². The third-order valence-electron chi connectivity index (χ3n) is 6.33. The van der Waals surface area contributed by atoms with Crippen molar-refractivity contribution in [3.8, 4) is 17.2 Å². The molecular weight excluding hydrogens is 432 g/mol. The molecule has 174 valence electrons. The van der Waals surface area contributed by atoms with Crippen LogP contribution in [0.2, 0.25) is 0 Å². The number of benzene rings is 2. The van der Waals surface area contributed by atoms with Gasteiger partial charge in [0.05, 0.1) is 12.3 Å². The summed E-state index contributed by atoms with van der Waals surface area (Å²) in [6, 6.07) is 14.0. The summed E-state index contributed by atoms with van der Waals surface area (Å²) >= 11 is 0. The Hall–Kier alpha value is -3.87. The molecule has 7 heteroatoms. The van der Waals surface area contributed by atoms with Crippen molar-refractivity contribution in [3.05, 3.63) is 76.7 Å². The number of rotatable bonds is 7. The normalized spacial score (nSPS) is 17.1. The lowest BCUT2D eigenvalue weighted by Crippen LogP contribution is -2.20. The number of hydrogen-bond donors (Lipinski definition) is 1. The van der Waals surface area contributed by atoms with Gasteiger partial charge >= 0.3 is 5.97 Å². The van der Waals surface area contributed by atoms with Crippen LogP contribution in [0.3, 0.4) is 0 Å². The first-order valence-corrected chi connectivity index (χ1v) is 11.5. The van der Waals surface area contributed by atoms with Gasteiger partial charge in [-0.15, -0.1) is 0 Å². The lowest BCUT2D eigenvalue weighted by atomic mass is 9.85. The number of hydrogen-bond acceptors (Lipinski definition) is 6. The molecular formula is C27H26N2O5. The molecule has 1 aliphatic carbocycles. The highest BCUT2D eigenvalue weighted by atomic mass is 16.7. The number of ether oxygens (including phenoxy) is 1. The number of nitrogens with zero attached hydrogens (tertiary/aromatic N) is 1. The van der Waals surface area contributed by atoms with Gasteiger partial charge in [0.15, 0.2) is 0 Å². The van der Waals surface area contributed by atoms with E-state index < -0.39 is 17.8 Å². The van der Waals surface area contributed by atoms with Crippen molar-refractivity contribution < 1.29 is 23.6 Å². The molecule has 0 saturated carbocycles. The van der Waals surface area contributed by atoms with Crippen LogP contribution in [0.25, 0.3) is 17.0 Å². The van der Waals surface area contributed by atoms with Gasteiger partial charge in [-0.3, -0.25) is 4.79 Å². The largest absolute Gasteiger partial charge is 0.493 e. The van der Waals surface area contributed by atoms with E-state index in [4.69, 9.17) is 9.15 Å². The second kappa shape index (κ2) is 9.17. The van der Waals surface area contributed by atoms with Crippen LogP contribution in [-0.4, -0.2) is 23.5 Å². The SMILES string of the molecule is Cc1ccc(-c2nc(CCOc3cccc4c3CCC=C4CC3C(=O)NOC3=O)c(C)o2)cc1. The van der Waals surface area contributed by atoms with Gasteiger partial charge in [0.25, 0.3) is 5.91 Å². The van der Waals surface area contributed by atoms with Crippen molar-refractivity contribution in [1.82, 2.24) is 10.5 Å². The maximum Gasteiger partial charge on any atom is 0.345 e.